The van der Waals surface area contributed by atoms with E-state index in [1.54, 1.807) is 44.6 Å². The number of rotatable bonds is 13. The van der Waals surface area contributed by atoms with Crippen molar-refractivity contribution in [2.75, 3.05) is 40.5 Å². The Balaban J connectivity index is 1.38. The number of hydrogen-bond acceptors (Lipinski definition) is 7. The van der Waals surface area contributed by atoms with Gasteiger partial charge in [-0.2, -0.15) is 0 Å². The van der Waals surface area contributed by atoms with Crippen molar-refractivity contribution >= 4 is 22.8 Å². The summed E-state index contributed by atoms with van der Waals surface area (Å²) >= 11 is 0. The molecule has 3 heterocycles. The van der Waals surface area contributed by atoms with Gasteiger partial charge in [-0.25, -0.2) is 9.13 Å². The number of nitrogens with zero attached hydrogens (tertiary/aromatic N) is 5. The fourth-order valence-corrected chi connectivity index (χ4v) is 5.57. The van der Waals surface area contributed by atoms with Gasteiger partial charge in [-0.1, -0.05) is 18.2 Å². The minimum atomic E-state index is -1.07. The van der Waals surface area contributed by atoms with E-state index in [0.717, 1.165) is 16.9 Å². The quantitative estimate of drug-likeness (QED) is 0.175. The number of amides is 2. The number of aromatic nitrogens is 3. The summed E-state index contributed by atoms with van der Waals surface area (Å²) in [6, 6.07) is 15.6. The molecule has 0 fully saturated rings. The Hall–Kier alpha value is -4.52. The molecular formula is C32H38N5O7+. The first kappa shape index (κ1) is 30.9. The summed E-state index contributed by atoms with van der Waals surface area (Å²) in [5.74, 6) is 0.966. The van der Waals surface area contributed by atoms with E-state index in [4.69, 9.17) is 9.47 Å². The summed E-state index contributed by atoms with van der Waals surface area (Å²) in [6.07, 6.45) is 0.476. The molecule has 0 saturated heterocycles. The van der Waals surface area contributed by atoms with Crippen LogP contribution in [0.4, 0.5) is 0 Å². The number of benzene rings is 2. The highest BCUT2D eigenvalue weighted by atomic mass is 16.5. The van der Waals surface area contributed by atoms with Crippen LogP contribution < -0.4 is 14.9 Å². The molecule has 2 amide bonds. The molecule has 0 aliphatic carbocycles. The van der Waals surface area contributed by atoms with Crippen LogP contribution in [0.15, 0.2) is 65.6 Å². The van der Waals surface area contributed by atoms with Gasteiger partial charge in [0.25, 0.3) is 23.2 Å². The molecule has 12 heteroatoms. The zero-order valence-corrected chi connectivity index (χ0v) is 25.2. The molecule has 1 aliphatic heterocycles. The van der Waals surface area contributed by atoms with Crippen LogP contribution in [0.25, 0.3) is 11.0 Å². The van der Waals surface area contributed by atoms with Crippen molar-refractivity contribution in [3.05, 3.63) is 93.7 Å². The second kappa shape index (κ2) is 13.4. The molecule has 2 aromatic carbocycles. The van der Waals surface area contributed by atoms with E-state index in [-0.39, 0.29) is 50.3 Å². The Bertz CT molecular complexity index is 1730. The van der Waals surface area contributed by atoms with Gasteiger partial charge in [0.1, 0.15) is 25.4 Å². The standard InChI is InChI=1S/C32H38N5O7/c1-4-35-26-11-10-23(44-18-15-38)19-27(26)36(28(35)21-37-31(41)24-7-5-6-8-25(24)32(37)42)14-17-43-16-13-34-20-22(9-12-29(34)39)30(40)33(2)3/h5-12,19-20,31,38,41H,4,13-18,21H2,1-3H3/q+1. The van der Waals surface area contributed by atoms with E-state index in [9.17, 15) is 24.6 Å². The summed E-state index contributed by atoms with van der Waals surface area (Å²) in [7, 11) is 3.31. The lowest BCUT2D eigenvalue weighted by Crippen LogP contribution is -2.41. The third kappa shape index (κ3) is 6.09. The van der Waals surface area contributed by atoms with Crippen LogP contribution in [-0.2, 0) is 30.9 Å². The number of ether oxygens (including phenoxy) is 2. The summed E-state index contributed by atoms with van der Waals surface area (Å²) in [4.78, 5) is 40.9. The number of hydrogen-bond donors (Lipinski definition) is 2. The first-order valence-electron chi connectivity index (χ1n) is 14.6. The maximum absolute atomic E-state index is 13.3. The van der Waals surface area contributed by atoms with Crippen molar-refractivity contribution in [2.45, 2.75) is 39.3 Å². The topological polar surface area (TPSA) is 130 Å². The third-order valence-corrected chi connectivity index (χ3v) is 7.74. The smallest absolute Gasteiger partial charge is 0.277 e. The summed E-state index contributed by atoms with van der Waals surface area (Å²) in [6.45, 7) is 4.06. The molecule has 1 unspecified atom stereocenters. The van der Waals surface area contributed by atoms with Gasteiger partial charge in [0.15, 0.2) is 17.3 Å². The van der Waals surface area contributed by atoms with Gasteiger partial charge in [-0.05, 0) is 31.2 Å². The van der Waals surface area contributed by atoms with Crippen LogP contribution in [0.3, 0.4) is 0 Å². The van der Waals surface area contributed by atoms with Crippen LogP contribution in [0, 0.1) is 0 Å². The van der Waals surface area contributed by atoms with Crippen LogP contribution in [0.2, 0.25) is 0 Å². The van der Waals surface area contributed by atoms with Crippen LogP contribution >= 0.6 is 0 Å². The molecule has 0 spiro atoms. The molecule has 1 atom stereocenters. The van der Waals surface area contributed by atoms with Crippen molar-refractivity contribution < 1.29 is 33.8 Å². The van der Waals surface area contributed by atoms with E-state index in [0.29, 0.717) is 42.1 Å². The molecule has 2 aromatic heterocycles. The van der Waals surface area contributed by atoms with Crippen molar-refractivity contribution in [3.8, 4) is 5.75 Å². The van der Waals surface area contributed by atoms with Crippen molar-refractivity contribution in [1.82, 2.24) is 18.9 Å². The van der Waals surface area contributed by atoms with E-state index in [1.165, 1.54) is 26.5 Å². The number of carbonyl (C=O) groups is 2. The molecule has 12 nitrogen and oxygen atoms in total. The number of aliphatic hydroxyl groups excluding tert-OH is 2. The van der Waals surface area contributed by atoms with E-state index in [2.05, 4.69) is 9.13 Å². The monoisotopic (exact) mass is 604 g/mol. The van der Waals surface area contributed by atoms with Gasteiger partial charge in [-0.3, -0.25) is 19.3 Å². The van der Waals surface area contributed by atoms with Crippen LogP contribution in [0.1, 0.15) is 45.3 Å². The fourth-order valence-electron chi connectivity index (χ4n) is 5.57. The Morgan fingerprint density at radius 3 is 2.52 bits per heavy atom. The minimum Gasteiger partial charge on any atom is -0.491 e. The zero-order valence-electron chi connectivity index (χ0n) is 25.2. The predicted molar refractivity (Wildman–Crippen MR) is 161 cm³/mol. The molecule has 0 saturated carbocycles. The molecule has 4 aromatic rings. The average Bonchev–Trinajstić information content (AvgIpc) is 3.45. The van der Waals surface area contributed by atoms with Crippen molar-refractivity contribution in [1.29, 1.82) is 0 Å². The van der Waals surface area contributed by atoms with E-state index in [1.807, 2.05) is 25.1 Å². The lowest BCUT2D eigenvalue weighted by molar-refractivity contribution is -0.677. The zero-order chi connectivity index (χ0) is 31.4. The van der Waals surface area contributed by atoms with Gasteiger partial charge in [0.05, 0.1) is 31.9 Å². The highest BCUT2D eigenvalue weighted by molar-refractivity contribution is 5.98. The molecule has 232 valence electrons. The Morgan fingerprint density at radius 2 is 1.80 bits per heavy atom. The summed E-state index contributed by atoms with van der Waals surface area (Å²) < 4.78 is 17.3. The number of imidazole rings is 1. The van der Waals surface area contributed by atoms with Gasteiger partial charge in [-0.15, -0.1) is 0 Å². The highest BCUT2D eigenvalue weighted by Crippen LogP contribution is 2.33. The fraction of sp³-hybridized carbons (Fsp3) is 0.375. The lowest BCUT2D eigenvalue weighted by Gasteiger charge is -2.20. The number of aryl methyl sites for hydroxylation is 1. The Kier molecular flexibility index (Phi) is 9.43. The maximum atomic E-state index is 13.3. The second-order valence-corrected chi connectivity index (χ2v) is 10.7. The van der Waals surface area contributed by atoms with Crippen LogP contribution in [0.5, 0.6) is 5.75 Å². The predicted octanol–water partition coefficient (Wildman–Crippen LogP) is 1.55. The number of pyridine rings is 1. The first-order valence-corrected chi connectivity index (χ1v) is 14.6. The SMILES string of the molecule is CC[n+]1c(CN2C(=O)c3ccccc3C2O)n(CCOCCn2cc(C(=O)N(C)C)ccc2=O)c2cc(OCCO)ccc21. The molecular weight excluding hydrogens is 566 g/mol. The molecule has 1 aliphatic rings. The van der Waals surface area contributed by atoms with Gasteiger partial charge in [0, 0.05) is 50.1 Å². The Morgan fingerprint density at radius 1 is 1.02 bits per heavy atom. The van der Waals surface area contributed by atoms with Gasteiger partial charge in [0.2, 0.25) is 0 Å². The molecule has 0 bridgehead atoms. The van der Waals surface area contributed by atoms with Gasteiger partial charge < -0.3 is 29.2 Å². The molecule has 0 radical (unpaired) electrons. The minimum absolute atomic E-state index is 0.113. The number of aliphatic hydroxyl groups is 2. The van der Waals surface area contributed by atoms with Crippen LogP contribution in [-0.4, -0.2) is 81.5 Å². The van der Waals surface area contributed by atoms with E-state index < -0.39 is 6.23 Å². The summed E-state index contributed by atoms with van der Waals surface area (Å²) in [5, 5.41) is 20.3. The third-order valence-electron chi connectivity index (χ3n) is 7.74. The van der Waals surface area contributed by atoms with E-state index >= 15 is 0 Å². The first-order chi connectivity index (χ1) is 21.2. The number of fused-ring (bicyclic) bond motifs is 2. The van der Waals surface area contributed by atoms with Crippen molar-refractivity contribution in [2.24, 2.45) is 0 Å². The molecule has 5 rings (SSSR count). The average molecular weight is 605 g/mol. The molecule has 2 N–H and O–H groups in total. The van der Waals surface area contributed by atoms with Gasteiger partial charge >= 0.3 is 0 Å². The van der Waals surface area contributed by atoms with Crippen molar-refractivity contribution in [3.63, 3.8) is 0 Å². The normalized spacial score (nSPS) is 14.3. The largest absolute Gasteiger partial charge is 0.491 e. The summed E-state index contributed by atoms with van der Waals surface area (Å²) in [5.41, 5.74) is 3.04. The molecule has 44 heavy (non-hydrogen) atoms. The Labute approximate surface area is 254 Å². The maximum Gasteiger partial charge on any atom is 0.277 e. The number of carbonyl (C=O) groups excluding carboxylic acids is 2. The second-order valence-electron chi connectivity index (χ2n) is 10.7. The highest BCUT2D eigenvalue weighted by Gasteiger charge is 2.38. The lowest BCUT2D eigenvalue weighted by atomic mass is 10.1.